The molecule has 1 aliphatic carbocycles. The van der Waals surface area contributed by atoms with Crippen LogP contribution < -0.4 is 16.0 Å². The third-order valence-corrected chi connectivity index (χ3v) is 10.5. The summed E-state index contributed by atoms with van der Waals surface area (Å²) in [5.74, 6) is -5.53. The molecule has 246 valence electrons. The van der Waals surface area contributed by atoms with Crippen molar-refractivity contribution in [3.63, 3.8) is 0 Å². The number of piperidine rings is 1. The molecule has 7 atom stereocenters. The van der Waals surface area contributed by atoms with E-state index in [4.69, 9.17) is 0 Å². The molecule has 45 heavy (non-hydrogen) atoms. The molecule has 2 saturated heterocycles. The fourth-order valence-corrected chi connectivity index (χ4v) is 7.82. The standard InChI is InChI=1S/C30H37F4N5O5S/c1-28(2,3)22(38-27(44)30(32,33)34)26(43)39-12-14-18(29(14,4)5)20(39)24(42)36-16(11-13-9-10-35-23(13)41)21(40)25-37-19-15(31)7-6-8-17(19)45-25/h6-8,13-14,16,18,20-22,40H,9-12H2,1-5H3,(H,35,41)(H,36,42)(H,38,44)/t13-,14-,16-,18-,20-,21-,22+/m0/s1. The molecule has 0 unspecified atom stereocenters. The summed E-state index contributed by atoms with van der Waals surface area (Å²) in [7, 11) is 0. The summed E-state index contributed by atoms with van der Waals surface area (Å²) >= 11 is 1.04. The number of nitrogens with one attached hydrogen (secondary N) is 3. The number of carbonyl (C=O) groups is 4. The molecule has 5 rings (SSSR count). The molecule has 2 aromatic rings. The third kappa shape index (κ3) is 6.25. The van der Waals surface area contributed by atoms with Crippen molar-refractivity contribution in [1.82, 2.24) is 25.8 Å². The van der Waals surface area contributed by atoms with Crippen LogP contribution in [0, 0.1) is 34.4 Å². The number of hydrogen-bond acceptors (Lipinski definition) is 7. The first-order valence-electron chi connectivity index (χ1n) is 14.8. The van der Waals surface area contributed by atoms with Crippen molar-refractivity contribution in [3.8, 4) is 0 Å². The summed E-state index contributed by atoms with van der Waals surface area (Å²) in [6.07, 6.45) is -6.15. The zero-order chi connectivity index (χ0) is 33.2. The van der Waals surface area contributed by atoms with Crippen LogP contribution in [0.15, 0.2) is 18.2 Å². The number of para-hydroxylation sites is 1. The zero-order valence-electron chi connectivity index (χ0n) is 25.5. The van der Waals surface area contributed by atoms with Crippen molar-refractivity contribution < 1.29 is 41.8 Å². The number of nitrogens with zero attached hydrogens (tertiary/aromatic N) is 2. The number of aliphatic hydroxyl groups excluding tert-OH is 1. The highest BCUT2D eigenvalue weighted by Crippen LogP contribution is 2.65. The second kappa shape index (κ2) is 11.5. The fraction of sp³-hybridized carbons (Fsp3) is 0.633. The SMILES string of the molecule is CC(C)(C)[C@H](NC(=O)C(F)(F)F)C(=O)N1C[C@H]2[C@@H]([C@H]1C(=O)N[C@@H](C[C@@H]1CCNC1=O)[C@H](O)c1nc3c(F)cccc3s1)C2(C)C. The predicted octanol–water partition coefficient (Wildman–Crippen LogP) is 3.06. The number of likely N-dealkylation sites (tertiary alicyclic amines) is 1. The van der Waals surface area contributed by atoms with E-state index in [1.807, 2.05) is 19.2 Å². The number of halogens is 4. The van der Waals surface area contributed by atoms with Gasteiger partial charge in [-0.1, -0.05) is 40.7 Å². The van der Waals surface area contributed by atoms with Crippen molar-refractivity contribution in [2.24, 2.45) is 28.6 Å². The van der Waals surface area contributed by atoms with Gasteiger partial charge in [-0.2, -0.15) is 13.2 Å². The Bertz CT molecular complexity index is 1520. The first kappa shape index (κ1) is 33.0. The second-order valence-electron chi connectivity index (χ2n) is 13.9. The minimum Gasteiger partial charge on any atom is -0.384 e. The number of hydrogen-bond donors (Lipinski definition) is 4. The molecule has 1 saturated carbocycles. The minimum absolute atomic E-state index is 0.0293. The van der Waals surface area contributed by atoms with Crippen molar-refractivity contribution in [2.45, 2.75) is 77.9 Å². The van der Waals surface area contributed by atoms with Crippen LogP contribution in [0.2, 0.25) is 0 Å². The maximum absolute atomic E-state index is 14.4. The summed E-state index contributed by atoms with van der Waals surface area (Å²) < 4.78 is 54.4. The van der Waals surface area contributed by atoms with E-state index in [9.17, 15) is 41.8 Å². The van der Waals surface area contributed by atoms with Crippen LogP contribution in [0.4, 0.5) is 17.6 Å². The van der Waals surface area contributed by atoms with E-state index in [-0.39, 0.29) is 46.6 Å². The van der Waals surface area contributed by atoms with Crippen molar-refractivity contribution in [1.29, 1.82) is 0 Å². The van der Waals surface area contributed by atoms with E-state index >= 15 is 0 Å². The smallest absolute Gasteiger partial charge is 0.384 e. The molecule has 4 N–H and O–H groups in total. The van der Waals surface area contributed by atoms with Crippen LogP contribution in [0.25, 0.3) is 10.2 Å². The van der Waals surface area contributed by atoms with Gasteiger partial charge in [-0.25, -0.2) is 9.37 Å². The van der Waals surface area contributed by atoms with Crippen LogP contribution >= 0.6 is 11.3 Å². The molecular weight excluding hydrogens is 618 g/mol. The molecule has 0 spiro atoms. The summed E-state index contributed by atoms with van der Waals surface area (Å²) in [6.45, 7) is 8.93. The number of fused-ring (bicyclic) bond motifs is 2. The molecule has 0 bridgehead atoms. The second-order valence-corrected chi connectivity index (χ2v) is 14.9. The van der Waals surface area contributed by atoms with Gasteiger partial charge in [0.25, 0.3) is 0 Å². The van der Waals surface area contributed by atoms with E-state index in [0.717, 1.165) is 11.3 Å². The highest BCUT2D eigenvalue weighted by molar-refractivity contribution is 7.18. The van der Waals surface area contributed by atoms with E-state index < -0.39 is 65.3 Å². The minimum atomic E-state index is -5.21. The quantitative estimate of drug-likeness (QED) is 0.323. The summed E-state index contributed by atoms with van der Waals surface area (Å²) in [6, 6.07) is 0.646. The number of amides is 4. The Labute approximate surface area is 261 Å². The Kier molecular flexibility index (Phi) is 8.43. The lowest BCUT2D eigenvalue weighted by atomic mass is 9.85. The lowest BCUT2D eigenvalue weighted by Crippen LogP contribution is -2.61. The first-order valence-corrected chi connectivity index (χ1v) is 15.6. The number of rotatable bonds is 8. The lowest BCUT2D eigenvalue weighted by molar-refractivity contribution is -0.176. The fourth-order valence-electron chi connectivity index (χ4n) is 6.78. The van der Waals surface area contributed by atoms with Gasteiger partial charge in [0.15, 0.2) is 0 Å². The number of aromatic nitrogens is 1. The van der Waals surface area contributed by atoms with E-state index in [2.05, 4.69) is 15.6 Å². The first-order chi connectivity index (χ1) is 20.8. The molecular formula is C30H37F4N5O5S. The van der Waals surface area contributed by atoms with Gasteiger partial charge in [-0.3, -0.25) is 19.2 Å². The van der Waals surface area contributed by atoms with Gasteiger partial charge >= 0.3 is 12.1 Å². The molecule has 4 amide bonds. The summed E-state index contributed by atoms with van der Waals surface area (Å²) in [5, 5.41) is 19.0. The number of carbonyl (C=O) groups excluding carboxylic acids is 4. The van der Waals surface area contributed by atoms with E-state index in [1.165, 1.54) is 37.8 Å². The van der Waals surface area contributed by atoms with E-state index in [0.29, 0.717) is 17.7 Å². The van der Waals surface area contributed by atoms with Crippen LogP contribution in [-0.2, 0) is 19.2 Å². The maximum atomic E-state index is 14.4. The van der Waals surface area contributed by atoms with Crippen LogP contribution in [0.1, 0.15) is 58.6 Å². The van der Waals surface area contributed by atoms with Gasteiger partial charge in [0.05, 0.1) is 10.7 Å². The van der Waals surface area contributed by atoms with Gasteiger partial charge in [0.1, 0.15) is 34.5 Å². The largest absolute Gasteiger partial charge is 0.471 e. The number of benzene rings is 1. The van der Waals surface area contributed by atoms with Gasteiger partial charge in [-0.15, -0.1) is 11.3 Å². The molecule has 10 nitrogen and oxygen atoms in total. The summed E-state index contributed by atoms with van der Waals surface area (Å²) in [5.41, 5.74) is -1.42. The predicted molar refractivity (Wildman–Crippen MR) is 156 cm³/mol. The Morgan fingerprint density at radius 1 is 1.20 bits per heavy atom. The Morgan fingerprint density at radius 3 is 2.47 bits per heavy atom. The molecule has 1 aromatic carbocycles. The van der Waals surface area contributed by atoms with Gasteiger partial charge < -0.3 is 26.0 Å². The highest BCUT2D eigenvalue weighted by atomic mass is 32.1. The highest BCUT2D eigenvalue weighted by Gasteiger charge is 2.70. The van der Waals surface area contributed by atoms with Crippen LogP contribution in [-0.4, -0.2) is 76.0 Å². The van der Waals surface area contributed by atoms with Gasteiger partial charge in [0, 0.05) is 19.0 Å². The average molecular weight is 656 g/mol. The zero-order valence-corrected chi connectivity index (χ0v) is 26.3. The van der Waals surface area contributed by atoms with Gasteiger partial charge in [0.2, 0.25) is 17.7 Å². The number of aliphatic hydroxyl groups is 1. The monoisotopic (exact) mass is 655 g/mol. The normalized spacial score (nSPS) is 26.2. The molecule has 3 aliphatic rings. The lowest BCUT2D eigenvalue weighted by Gasteiger charge is -2.38. The Morgan fingerprint density at radius 2 is 1.89 bits per heavy atom. The molecule has 2 aliphatic heterocycles. The Hall–Kier alpha value is -3.33. The van der Waals surface area contributed by atoms with Crippen LogP contribution in [0.5, 0.6) is 0 Å². The maximum Gasteiger partial charge on any atom is 0.471 e. The van der Waals surface area contributed by atoms with Crippen molar-refractivity contribution in [2.75, 3.05) is 13.1 Å². The summed E-state index contributed by atoms with van der Waals surface area (Å²) in [4.78, 5) is 57.8. The number of alkyl halides is 3. The molecule has 0 radical (unpaired) electrons. The average Bonchev–Trinajstić information content (AvgIpc) is 3.45. The number of thiazole rings is 1. The molecule has 1 aromatic heterocycles. The molecule has 3 heterocycles. The topological polar surface area (TPSA) is 141 Å². The molecule has 3 fully saturated rings. The van der Waals surface area contributed by atoms with Crippen molar-refractivity contribution >= 4 is 45.2 Å². The van der Waals surface area contributed by atoms with E-state index in [1.54, 1.807) is 6.07 Å². The van der Waals surface area contributed by atoms with Gasteiger partial charge in [-0.05, 0) is 47.6 Å². The Balaban J connectivity index is 1.44. The molecule has 15 heteroatoms. The third-order valence-electron chi connectivity index (χ3n) is 9.46. The van der Waals surface area contributed by atoms with Crippen molar-refractivity contribution in [3.05, 3.63) is 29.0 Å². The van der Waals surface area contributed by atoms with Crippen LogP contribution in [0.3, 0.4) is 0 Å².